The number of aliphatic hydroxyl groups excluding tert-OH is 1. The molecule has 0 spiro atoms. The highest BCUT2D eigenvalue weighted by Gasteiger charge is 2.32. The van der Waals surface area contributed by atoms with E-state index in [-0.39, 0.29) is 18.6 Å². The minimum atomic E-state index is -1.02. The number of hydrogen-bond donors (Lipinski definition) is 5. The number of aromatic amines is 1. The van der Waals surface area contributed by atoms with Crippen LogP contribution in [0.1, 0.15) is 76.2 Å². The third-order valence-electron chi connectivity index (χ3n) is 8.16. The van der Waals surface area contributed by atoms with Gasteiger partial charge in [-0.05, 0) is 51.7 Å². The number of alkyl carbamates (subject to hydrolysis) is 1. The number of imidazole rings is 1. The summed E-state index contributed by atoms with van der Waals surface area (Å²) in [5.41, 5.74) is 1.54. The fraction of sp³-hybridized carbons (Fsp3) is 0.543. The van der Waals surface area contributed by atoms with Gasteiger partial charge >= 0.3 is 6.09 Å². The van der Waals surface area contributed by atoms with Gasteiger partial charge in [0, 0.05) is 42.4 Å². The van der Waals surface area contributed by atoms with Crippen molar-refractivity contribution in [1.82, 2.24) is 35.9 Å². The zero-order chi connectivity index (χ0) is 34.5. The molecule has 0 bridgehead atoms. The number of carbonyl (C=O) groups is 3. The number of nitrogens with zero attached hydrogens (tertiary/aromatic N) is 3. The number of nitrogens with one attached hydrogen (secondary N) is 4. The SMILES string of the molecule is Cc1ccnc(SC[C@@H](O)[C@H](CC2CCCCC2)NC(=O)[C@H](Cc2cnc[nH]2)NC(=O)[C@H](Cc2ccccc2)NC(=O)OC(C)(C)C)n1. The Morgan fingerprint density at radius 2 is 1.71 bits per heavy atom. The molecule has 1 fully saturated rings. The smallest absolute Gasteiger partial charge is 0.408 e. The molecule has 1 aromatic carbocycles. The van der Waals surface area contributed by atoms with Crippen molar-refractivity contribution in [2.45, 2.75) is 114 Å². The van der Waals surface area contributed by atoms with Crippen LogP contribution in [0.3, 0.4) is 0 Å². The molecule has 1 aliphatic carbocycles. The maximum absolute atomic E-state index is 14.1. The van der Waals surface area contributed by atoms with Crippen LogP contribution >= 0.6 is 11.8 Å². The van der Waals surface area contributed by atoms with E-state index in [1.54, 1.807) is 33.2 Å². The second-order valence-electron chi connectivity index (χ2n) is 13.4. The summed E-state index contributed by atoms with van der Waals surface area (Å²) in [6, 6.07) is 8.52. The normalized spacial score (nSPS) is 16.3. The first-order valence-corrected chi connectivity index (χ1v) is 17.7. The highest BCUT2D eigenvalue weighted by Crippen LogP contribution is 2.29. The van der Waals surface area contributed by atoms with E-state index in [1.807, 2.05) is 43.3 Å². The van der Waals surface area contributed by atoms with Crippen molar-refractivity contribution in [3.63, 3.8) is 0 Å². The second-order valence-corrected chi connectivity index (χ2v) is 14.4. The number of H-pyrrole nitrogens is 1. The fourth-order valence-corrected chi connectivity index (χ4v) is 6.65. The molecule has 2 heterocycles. The van der Waals surface area contributed by atoms with E-state index < -0.39 is 47.7 Å². The summed E-state index contributed by atoms with van der Waals surface area (Å²) in [6.45, 7) is 7.12. The molecule has 3 aromatic rings. The van der Waals surface area contributed by atoms with E-state index in [9.17, 15) is 19.5 Å². The molecular formula is C35H49N7O5S. The van der Waals surface area contributed by atoms with E-state index in [0.29, 0.717) is 23.2 Å². The average Bonchev–Trinajstić information content (AvgIpc) is 3.56. The number of hydrogen-bond acceptors (Lipinski definition) is 9. The molecule has 2 aromatic heterocycles. The molecule has 13 heteroatoms. The highest BCUT2D eigenvalue weighted by molar-refractivity contribution is 7.99. The Morgan fingerprint density at radius 1 is 1.00 bits per heavy atom. The summed E-state index contributed by atoms with van der Waals surface area (Å²) in [5, 5.41) is 20.6. The monoisotopic (exact) mass is 679 g/mol. The fourth-order valence-electron chi connectivity index (χ4n) is 5.76. The molecule has 4 rings (SSSR count). The van der Waals surface area contributed by atoms with Crippen molar-refractivity contribution in [2.24, 2.45) is 5.92 Å². The van der Waals surface area contributed by atoms with Gasteiger partial charge in [-0.2, -0.15) is 0 Å². The topological polar surface area (TPSA) is 171 Å². The number of aromatic nitrogens is 4. The quantitative estimate of drug-likeness (QED) is 0.116. The van der Waals surface area contributed by atoms with Crippen molar-refractivity contribution in [3.05, 3.63) is 72.1 Å². The Kier molecular flexibility index (Phi) is 13.8. The van der Waals surface area contributed by atoms with Crippen molar-refractivity contribution in [2.75, 3.05) is 5.75 Å². The molecule has 0 unspecified atom stereocenters. The van der Waals surface area contributed by atoms with Crippen molar-refractivity contribution in [3.8, 4) is 0 Å². The molecular weight excluding hydrogens is 630 g/mol. The Morgan fingerprint density at radius 3 is 2.38 bits per heavy atom. The van der Waals surface area contributed by atoms with Gasteiger partial charge in [0.15, 0.2) is 5.16 Å². The molecule has 4 atom stereocenters. The van der Waals surface area contributed by atoms with Gasteiger partial charge < -0.3 is 30.8 Å². The first-order chi connectivity index (χ1) is 22.9. The Bertz CT molecular complexity index is 1450. The minimum absolute atomic E-state index is 0.125. The van der Waals surface area contributed by atoms with E-state index >= 15 is 0 Å². The molecule has 1 saturated carbocycles. The first-order valence-electron chi connectivity index (χ1n) is 16.7. The van der Waals surface area contributed by atoms with Gasteiger partial charge in [-0.25, -0.2) is 19.7 Å². The van der Waals surface area contributed by atoms with Crippen LogP contribution in [0.5, 0.6) is 0 Å². The Balaban J connectivity index is 1.52. The molecule has 3 amide bonds. The number of thioether (sulfide) groups is 1. The zero-order valence-corrected chi connectivity index (χ0v) is 29.1. The molecule has 48 heavy (non-hydrogen) atoms. The van der Waals surface area contributed by atoms with Gasteiger partial charge in [-0.3, -0.25) is 9.59 Å². The molecule has 5 N–H and O–H groups in total. The third kappa shape index (κ3) is 12.6. The summed E-state index contributed by atoms with van der Waals surface area (Å²) in [5.74, 6) is -0.323. The maximum atomic E-state index is 14.1. The Labute approximate surface area is 287 Å². The van der Waals surface area contributed by atoms with Crippen LogP contribution in [0.2, 0.25) is 0 Å². The number of ether oxygens (including phenoxy) is 1. The van der Waals surface area contributed by atoms with E-state index in [4.69, 9.17) is 4.74 Å². The Hall–Kier alpha value is -3.97. The van der Waals surface area contributed by atoms with Crippen LogP contribution in [0.25, 0.3) is 0 Å². The molecule has 0 saturated heterocycles. The maximum Gasteiger partial charge on any atom is 0.408 e. The number of aryl methyl sites for hydroxylation is 1. The molecule has 0 radical (unpaired) electrons. The number of aliphatic hydroxyl groups is 1. The van der Waals surface area contributed by atoms with E-state index in [2.05, 4.69) is 35.9 Å². The van der Waals surface area contributed by atoms with Gasteiger partial charge in [0.2, 0.25) is 11.8 Å². The predicted molar refractivity (Wildman–Crippen MR) is 184 cm³/mol. The van der Waals surface area contributed by atoms with Gasteiger partial charge in [0.05, 0.1) is 18.5 Å². The van der Waals surface area contributed by atoms with Crippen LogP contribution in [-0.2, 0) is 27.2 Å². The van der Waals surface area contributed by atoms with E-state index in [1.165, 1.54) is 24.5 Å². The lowest BCUT2D eigenvalue weighted by atomic mass is 9.83. The van der Waals surface area contributed by atoms with Gasteiger partial charge in [0.1, 0.15) is 17.7 Å². The average molecular weight is 680 g/mol. The second kappa shape index (κ2) is 18.0. The van der Waals surface area contributed by atoms with Crippen molar-refractivity contribution < 1.29 is 24.2 Å². The van der Waals surface area contributed by atoms with Gasteiger partial charge in [-0.15, -0.1) is 0 Å². The number of carbonyl (C=O) groups excluding carboxylic acids is 3. The summed E-state index contributed by atoms with van der Waals surface area (Å²) in [6.07, 6.45) is 9.62. The lowest BCUT2D eigenvalue weighted by Crippen LogP contribution is -2.58. The molecule has 260 valence electrons. The van der Waals surface area contributed by atoms with Crippen LogP contribution in [0, 0.1) is 12.8 Å². The van der Waals surface area contributed by atoms with Crippen LogP contribution in [0.15, 0.2) is 60.3 Å². The lowest BCUT2D eigenvalue weighted by molar-refractivity contribution is -0.130. The summed E-state index contributed by atoms with van der Waals surface area (Å²) < 4.78 is 5.45. The summed E-state index contributed by atoms with van der Waals surface area (Å²) in [7, 11) is 0. The highest BCUT2D eigenvalue weighted by atomic mass is 32.2. The summed E-state index contributed by atoms with van der Waals surface area (Å²) in [4.78, 5) is 56.5. The van der Waals surface area contributed by atoms with Crippen LogP contribution in [0.4, 0.5) is 4.79 Å². The standard InChI is InChI=1S/C35H49N7O5S/c1-23-15-16-37-33(39-23)48-21-30(43)27(17-24-11-7-5-8-12-24)40-32(45)29(19-26-20-36-22-38-26)41-31(44)28(18-25-13-9-6-10-14-25)42-34(46)47-35(2,3)4/h6,9-10,13-16,20,22,24,27-30,43H,5,7-8,11-12,17-19,21H2,1-4H3,(H,36,38)(H,40,45)(H,41,44)(H,42,46)/t27-,28-,29-,30+/m0/s1. The zero-order valence-electron chi connectivity index (χ0n) is 28.3. The largest absolute Gasteiger partial charge is 0.444 e. The van der Waals surface area contributed by atoms with Crippen molar-refractivity contribution >= 4 is 29.7 Å². The lowest BCUT2D eigenvalue weighted by Gasteiger charge is -2.31. The minimum Gasteiger partial charge on any atom is -0.444 e. The summed E-state index contributed by atoms with van der Waals surface area (Å²) >= 11 is 1.34. The van der Waals surface area contributed by atoms with Gasteiger partial charge in [-0.1, -0.05) is 74.2 Å². The molecule has 1 aliphatic rings. The van der Waals surface area contributed by atoms with Crippen LogP contribution in [-0.4, -0.2) is 78.5 Å². The predicted octanol–water partition coefficient (Wildman–Crippen LogP) is 4.28. The van der Waals surface area contributed by atoms with Crippen LogP contribution < -0.4 is 16.0 Å². The number of rotatable bonds is 15. The molecule has 12 nitrogen and oxygen atoms in total. The van der Waals surface area contributed by atoms with Gasteiger partial charge in [0.25, 0.3) is 0 Å². The third-order valence-corrected chi connectivity index (χ3v) is 9.13. The molecule has 0 aliphatic heterocycles. The first kappa shape index (κ1) is 36.9. The number of benzene rings is 1. The van der Waals surface area contributed by atoms with E-state index in [0.717, 1.165) is 36.9 Å². The van der Waals surface area contributed by atoms with Crippen molar-refractivity contribution in [1.29, 1.82) is 0 Å². The number of amides is 3.